The van der Waals surface area contributed by atoms with E-state index in [0.29, 0.717) is 0 Å². The molecule has 1 aromatic heterocycles. The maximum Gasteiger partial charge on any atom is 0.253 e. The van der Waals surface area contributed by atoms with E-state index in [-0.39, 0.29) is 0 Å². The SMILES string of the molecule is O=C=N[SH](=O)=O.c1ccncc1. The molecule has 0 spiro atoms. The lowest BCUT2D eigenvalue weighted by molar-refractivity contribution is 0.565. The number of aromatic nitrogens is 1. The van der Waals surface area contributed by atoms with E-state index in [1.165, 1.54) is 0 Å². The van der Waals surface area contributed by atoms with Crippen LogP contribution in [0.25, 0.3) is 0 Å². The van der Waals surface area contributed by atoms with Gasteiger partial charge in [0.2, 0.25) is 0 Å². The second-order valence-electron chi connectivity index (χ2n) is 1.45. The number of nitrogens with zero attached hydrogens (tertiary/aromatic N) is 2. The summed E-state index contributed by atoms with van der Waals surface area (Å²) in [6.07, 6.45) is 4.35. The van der Waals surface area contributed by atoms with Crippen LogP contribution in [0.4, 0.5) is 0 Å². The molecule has 0 aromatic carbocycles. The molecule has 0 aliphatic rings. The maximum absolute atomic E-state index is 9.21. The maximum atomic E-state index is 9.21. The minimum atomic E-state index is -2.90. The summed E-state index contributed by atoms with van der Waals surface area (Å²) in [5.41, 5.74) is 0. The van der Waals surface area contributed by atoms with Crippen LogP contribution >= 0.6 is 0 Å². The van der Waals surface area contributed by atoms with Crippen molar-refractivity contribution in [3.8, 4) is 0 Å². The summed E-state index contributed by atoms with van der Waals surface area (Å²) in [4.78, 5) is 12.7. The standard InChI is InChI=1S/C5H5N.CHNO3S/c1-2-4-6-5-3-1;3-1-2-6(4)5/h1-5H;6H. The quantitative estimate of drug-likeness (QED) is 0.378. The molecule has 0 radical (unpaired) electrons. The number of carbonyl (C=O) groups excluding carboxylic acids is 1. The van der Waals surface area contributed by atoms with E-state index in [1.54, 1.807) is 12.4 Å². The molecule has 6 heteroatoms. The zero-order valence-electron chi connectivity index (χ0n) is 5.95. The predicted molar refractivity (Wildman–Crippen MR) is 42.7 cm³/mol. The molecule has 0 amide bonds. The van der Waals surface area contributed by atoms with Gasteiger partial charge in [-0.15, -0.1) is 0 Å². The van der Waals surface area contributed by atoms with Crippen molar-refractivity contribution in [1.82, 2.24) is 4.98 Å². The van der Waals surface area contributed by atoms with Crippen molar-refractivity contribution < 1.29 is 13.2 Å². The van der Waals surface area contributed by atoms with Crippen LogP contribution in [0.2, 0.25) is 0 Å². The topological polar surface area (TPSA) is 76.5 Å². The van der Waals surface area contributed by atoms with Gasteiger partial charge in [-0.2, -0.15) is 0 Å². The molecule has 0 aliphatic heterocycles. The minimum Gasteiger partial charge on any atom is -0.265 e. The van der Waals surface area contributed by atoms with Gasteiger partial charge in [-0.1, -0.05) is 10.5 Å². The van der Waals surface area contributed by atoms with Crippen molar-refractivity contribution in [2.24, 2.45) is 4.40 Å². The van der Waals surface area contributed by atoms with E-state index in [2.05, 4.69) is 9.38 Å². The number of hydrogen-bond donors (Lipinski definition) is 1. The third-order valence-electron chi connectivity index (χ3n) is 0.689. The Bertz CT molecular complexity index is 282. The van der Waals surface area contributed by atoms with Crippen molar-refractivity contribution in [2.45, 2.75) is 0 Å². The Kier molecular flexibility index (Phi) is 6.62. The molecule has 0 atom stereocenters. The summed E-state index contributed by atoms with van der Waals surface area (Å²) in [5.74, 6) is 0. The van der Waals surface area contributed by atoms with Gasteiger partial charge >= 0.3 is 0 Å². The first kappa shape index (κ1) is 10.5. The number of thiol groups is 1. The van der Waals surface area contributed by atoms with Crippen LogP contribution in [0.1, 0.15) is 0 Å². The molecule has 12 heavy (non-hydrogen) atoms. The summed E-state index contributed by atoms with van der Waals surface area (Å²) in [6.45, 7) is 0. The lowest BCUT2D eigenvalue weighted by atomic mass is 10.5. The van der Waals surface area contributed by atoms with Crippen molar-refractivity contribution in [2.75, 3.05) is 0 Å². The number of rotatable bonds is 1. The fraction of sp³-hybridized carbons (Fsp3) is 0. The van der Waals surface area contributed by atoms with Gasteiger partial charge < -0.3 is 0 Å². The molecule has 1 aromatic rings. The largest absolute Gasteiger partial charge is 0.265 e. The zero-order chi connectivity index (χ0) is 9.23. The molecule has 0 saturated carbocycles. The van der Waals surface area contributed by atoms with Crippen LogP contribution in [0.15, 0.2) is 35.0 Å². The molecule has 1 heterocycles. The second kappa shape index (κ2) is 7.59. The molecule has 1 rings (SSSR count). The van der Waals surface area contributed by atoms with Crippen LogP contribution in [0, 0.1) is 0 Å². The molecule has 0 saturated heterocycles. The molecule has 0 aliphatic carbocycles. The van der Waals surface area contributed by atoms with Crippen LogP contribution < -0.4 is 0 Å². The molecular formula is C6H6N2O3S. The van der Waals surface area contributed by atoms with Crippen molar-refractivity contribution in [1.29, 1.82) is 0 Å². The second-order valence-corrected chi connectivity index (χ2v) is 2.13. The Hall–Kier alpha value is -1.52. The van der Waals surface area contributed by atoms with E-state index in [9.17, 15) is 8.42 Å². The molecule has 0 fully saturated rings. The zero-order valence-corrected chi connectivity index (χ0v) is 6.85. The Morgan fingerprint density at radius 3 is 1.83 bits per heavy atom. The van der Waals surface area contributed by atoms with Crippen molar-refractivity contribution in [3.63, 3.8) is 0 Å². The smallest absolute Gasteiger partial charge is 0.253 e. The summed E-state index contributed by atoms with van der Waals surface area (Å²) in [6, 6.07) is 5.72. The highest BCUT2D eigenvalue weighted by atomic mass is 32.2. The highest BCUT2D eigenvalue weighted by Crippen LogP contribution is 1.73. The fourth-order valence-electron chi connectivity index (χ4n) is 0.346. The average Bonchev–Trinajstić information content (AvgIpc) is 2.08. The molecule has 5 nitrogen and oxygen atoms in total. The van der Waals surface area contributed by atoms with Crippen molar-refractivity contribution >= 4 is 17.0 Å². The van der Waals surface area contributed by atoms with Crippen LogP contribution in [-0.2, 0) is 15.7 Å². The third kappa shape index (κ3) is 8.48. The third-order valence-corrected chi connectivity index (χ3v) is 0.934. The van der Waals surface area contributed by atoms with Gasteiger partial charge in [0.05, 0.1) is 0 Å². The van der Waals surface area contributed by atoms with E-state index >= 15 is 0 Å². The highest BCUT2D eigenvalue weighted by Gasteiger charge is 1.62. The molecular weight excluding hydrogens is 180 g/mol. The Labute approximate surface area is 70.9 Å². The van der Waals surface area contributed by atoms with Crippen LogP contribution in [0.5, 0.6) is 0 Å². The molecule has 0 bridgehead atoms. The van der Waals surface area contributed by atoms with Crippen LogP contribution in [0.3, 0.4) is 0 Å². The summed E-state index contributed by atoms with van der Waals surface area (Å²) >= 11 is 0. The minimum absolute atomic E-state index is 0.846. The first-order chi connectivity index (χ1) is 5.77. The Morgan fingerprint density at radius 2 is 1.75 bits per heavy atom. The van der Waals surface area contributed by atoms with Gasteiger partial charge in [0, 0.05) is 12.4 Å². The van der Waals surface area contributed by atoms with Gasteiger partial charge in [-0.05, 0) is 12.1 Å². The predicted octanol–water partition coefficient (Wildman–Crippen LogP) is -0.0698. The van der Waals surface area contributed by atoms with Gasteiger partial charge in [-0.25, -0.2) is 13.2 Å². The highest BCUT2D eigenvalue weighted by molar-refractivity contribution is 7.71. The monoisotopic (exact) mass is 186 g/mol. The molecule has 0 unspecified atom stereocenters. The lowest BCUT2D eigenvalue weighted by Gasteiger charge is -1.70. The van der Waals surface area contributed by atoms with Crippen molar-refractivity contribution in [3.05, 3.63) is 30.6 Å². The van der Waals surface area contributed by atoms with E-state index in [0.717, 1.165) is 6.08 Å². The average molecular weight is 186 g/mol. The number of isocyanates is 1. The van der Waals surface area contributed by atoms with E-state index in [4.69, 9.17) is 4.79 Å². The van der Waals surface area contributed by atoms with Crippen LogP contribution in [-0.4, -0.2) is 19.5 Å². The lowest BCUT2D eigenvalue weighted by Crippen LogP contribution is -1.59. The first-order valence-corrected chi connectivity index (χ1v) is 3.97. The Balaban J connectivity index is 0.000000202. The van der Waals surface area contributed by atoms with E-state index in [1.807, 2.05) is 18.2 Å². The fourth-order valence-corrected chi connectivity index (χ4v) is 0.413. The van der Waals surface area contributed by atoms with E-state index < -0.39 is 10.9 Å². The molecule has 0 N–H and O–H groups in total. The first-order valence-electron chi connectivity index (χ1n) is 2.84. The van der Waals surface area contributed by atoms with Gasteiger partial charge in [-0.3, -0.25) is 4.98 Å². The van der Waals surface area contributed by atoms with Gasteiger partial charge in [0.1, 0.15) is 0 Å². The number of pyridine rings is 1. The normalized spacial score (nSPS) is 7.75. The number of hydrogen-bond acceptors (Lipinski definition) is 4. The Morgan fingerprint density at radius 1 is 1.17 bits per heavy atom. The summed E-state index contributed by atoms with van der Waals surface area (Å²) < 4.78 is 20.7. The van der Waals surface area contributed by atoms with Gasteiger partial charge in [0.25, 0.3) is 17.0 Å². The summed E-state index contributed by atoms with van der Waals surface area (Å²) in [5, 5.41) is 0. The van der Waals surface area contributed by atoms with Gasteiger partial charge in [0.15, 0.2) is 0 Å². The summed E-state index contributed by atoms with van der Waals surface area (Å²) in [7, 11) is -2.90. The molecule has 64 valence electrons.